The van der Waals surface area contributed by atoms with Gasteiger partial charge in [-0.1, -0.05) is 6.92 Å². The molecule has 2 fully saturated rings. The Balaban J connectivity index is 1.76. The molecular weight excluding hydrogens is 236 g/mol. The second-order valence-electron chi connectivity index (χ2n) is 6.88. The van der Waals surface area contributed by atoms with Crippen LogP contribution in [0.15, 0.2) is 0 Å². The van der Waals surface area contributed by atoms with Crippen LogP contribution in [0, 0.1) is 5.92 Å². The van der Waals surface area contributed by atoms with Crippen molar-refractivity contribution in [2.45, 2.75) is 65.1 Å². The first kappa shape index (κ1) is 15.3. The Bertz CT molecular complexity index is 261. The zero-order valence-electron chi connectivity index (χ0n) is 13.3. The van der Waals surface area contributed by atoms with Crippen molar-refractivity contribution in [2.75, 3.05) is 32.8 Å². The standard InChI is InChI=1S/C16H32N2O/c1-13(2)18-9-10-19-16(12-18)11-15(4)17-7-5-14(3)6-8-17/h13-16H,5-12H2,1-4H3. The maximum atomic E-state index is 5.97. The second-order valence-corrected chi connectivity index (χ2v) is 6.88. The first-order valence-corrected chi connectivity index (χ1v) is 8.16. The molecule has 0 spiro atoms. The number of likely N-dealkylation sites (tertiary alicyclic amines) is 1. The minimum absolute atomic E-state index is 0.436. The van der Waals surface area contributed by atoms with Crippen LogP contribution in [0.2, 0.25) is 0 Å². The van der Waals surface area contributed by atoms with Gasteiger partial charge in [0.25, 0.3) is 0 Å². The molecule has 112 valence electrons. The molecule has 0 bridgehead atoms. The topological polar surface area (TPSA) is 15.7 Å². The van der Waals surface area contributed by atoms with Gasteiger partial charge in [0.15, 0.2) is 0 Å². The SMILES string of the molecule is CC1CCN(C(C)CC2CN(C(C)C)CCO2)CC1. The van der Waals surface area contributed by atoms with Crippen LogP contribution in [0.3, 0.4) is 0 Å². The quantitative estimate of drug-likeness (QED) is 0.779. The molecule has 0 saturated carbocycles. The van der Waals surface area contributed by atoms with E-state index in [1.165, 1.54) is 32.4 Å². The van der Waals surface area contributed by atoms with Gasteiger partial charge in [-0.25, -0.2) is 0 Å². The first-order chi connectivity index (χ1) is 9.06. The molecule has 2 unspecified atom stereocenters. The van der Waals surface area contributed by atoms with Gasteiger partial charge in [0.05, 0.1) is 12.7 Å². The van der Waals surface area contributed by atoms with Crippen LogP contribution in [0.25, 0.3) is 0 Å². The Morgan fingerprint density at radius 3 is 2.37 bits per heavy atom. The molecule has 0 aromatic carbocycles. The van der Waals surface area contributed by atoms with E-state index in [9.17, 15) is 0 Å². The number of hydrogen-bond donors (Lipinski definition) is 0. The van der Waals surface area contributed by atoms with Gasteiger partial charge < -0.3 is 9.64 Å². The van der Waals surface area contributed by atoms with Crippen LogP contribution in [-0.4, -0.2) is 60.8 Å². The van der Waals surface area contributed by atoms with E-state index in [0.717, 1.165) is 25.6 Å². The molecule has 2 atom stereocenters. The van der Waals surface area contributed by atoms with Crippen LogP contribution < -0.4 is 0 Å². The Morgan fingerprint density at radius 2 is 1.74 bits per heavy atom. The van der Waals surface area contributed by atoms with Crippen molar-refractivity contribution in [1.82, 2.24) is 9.80 Å². The third-order valence-corrected chi connectivity index (χ3v) is 4.95. The fraction of sp³-hybridized carbons (Fsp3) is 1.00. The summed E-state index contributed by atoms with van der Waals surface area (Å²) in [6.07, 6.45) is 4.37. The fourth-order valence-corrected chi connectivity index (χ4v) is 3.35. The highest BCUT2D eigenvalue weighted by molar-refractivity contribution is 4.81. The summed E-state index contributed by atoms with van der Waals surface area (Å²) in [7, 11) is 0. The summed E-state index contributed by atoms with van der Waals surface area (Å²) >= 11 is 0. The smallest absolute Gasteiger partial charge is 0.0717 e. The first-order valence-electron chi connectivity index (χ1n) is 8.16. The zero-order valence-corrected chi connectivity index (χ0v) is 13.3. The highest BCUT2D eigenvalue weighted by Gasteiger charge is 2.27. The Kier molecular flexibility index (Phi) is 5.67. The number of piperidine rings is 1. The molecule has 19 heavy (non-hydrogen) atoms. The van der Waals surface area contributed by atoms with Crippen molar-refractivity contribution < 1.29 is 4.74 Å². The van der Waals surface area contributed by atoms with Crippen molar-refractivity contribution >= 4 is 0 Å². The number of hydrogen-bond acceptors (Lipinski definition) is 3. The molecular formula is C16H32N2O. The van der Waals surface area contributed by atoms with E-state index in [1.54, 1.807) is 0 Å². The normalized spacial score (nSPS) is 29.8. The van der Waals surface area contributed by atoms with Crippen molar-refractivity contribution in [2.24, 2.45) is 5.92 Å². The molecule has 0 aromatic heterocycles. The lowest BCUT2D eigenvalue weighted by molar-refractivity contribution is -0.0528. The van der Waals surface area contributed by atoms with E-state index in [4.69, 9.17) is 4.74 Å². The minimum atomic E-state index is 0.436. The molecule has 3 heteroatoms. The number of ether oxygens (including phenoxy) is 1. The van der Waals surface area contributed by atoms with Crippen molar-refractivity contribution in [1.29, 1.82) is 0 Å². The van der Waals surface area contributed by atoms with Gasteiger partial charge in [0, 0.05) is 25.2 Å². The average Bonchev–Trinajstić information content (AvgIpc) is 2.39. The highest BCUT2D eigenvalue weighted by Crippen LogP contribution is 2.21. The summed E-state index contributed by atoms with van der Waals surface area (Å²) < 4.78 is 5.97. The van der Waals surface area contributed by atoms with Gasteiger partial charge in [-0.2, -0.15) is 0 Å². The summed E-state index contributed by atoms with van der Waals surface area (Å²) in [6, 6.07) is 1.32. The molecule has 0 aliphatic carbocycles. The Morgan fingerprint density at radius 1 is 1.05 bits per heavy atom. The monoisotopic (exact) mass is 268 g/mol. The fourth-order valence-electron chi connectivity index (χ4n) is 3.35. The van der Waals surface area contributed by atoms with Gasteiger partial charge in [-0.3, -0.25) is 4.90 Å². The highest BCUT2D eigenvalue weighted by atomic mass is 16.5. The summed E-state index contributed by atoms with van der Waals surface area (Å²) in [4.78, 5) is 5.22. The lowest BCUT2D eigenvalue weighted by atomic mass is 9.96. The molecule has 2 aliphatic rings. The molecule has 2 aliphatic heterocycles. The van der Waals surface area contributed by atoms with Crippen LogP contribution in [-0.2, 0) is 4.74 Å². The maximum Gasteiger partial charge on any atom is 0.0717 e. The summed E-state index contributed by atoms with van der Waals surface area (Å²) in [5.74, 6) is 0.922. The minimum Gasteiger partial charge on any atom is -0.375 e. The Hall–Kier alpha value is -0.120. The van der Waals surface area contributed by atoms with Gasteiger partial charge >= 0.3 is 0 Å². The van der Waals surface area contributed by atoms with Gasteiger partial charge in [-0.05, 0) is 59.0 Å². The van der Waals surface area contributed by atoms with Crippen molar-refractivity contribution in [3.63, 3.8) is 0 Å². The van der Waals surface area contributed by atoms with Crippen LogP contribution >= 0.6 is 0 Å². The number of nitrogens with zero attached hydrogens (tertiary/aromatic N) is 2. The lowest BCUT2D eigenvalue weighted by Gasteiger charge is -2.40. The van der Waals surface area contributed by atoms with Crippen LogP contribution in [0.1, 0.15) is 47.0 Å². The molecule has 0 radical (unpaired) electrons. The van der Waals surface area contributed by atoms with Crippen molar-refractivity contribution in [3.05, 3.63) is 0 Å². The molecule has 0 N–H and O–H groups in total. The Labute approximate surface area is 119 Å². The number of rotatable bonds is 4. The number of morpholine rings is 1. The van der Waals surface area contributed by atoms with E-state index in [0.29, 0.717) is 18.2 Å². The van der Waals surface area contributed by atoms with E-state index in [2.05, 4.69) is 37.5 Å². The predicted octanol–water partition coefficient (Wildman–Crippen LogP) is 2.61. The molecule has 2 rings (SSSR count). The van der Waals surface area contributed by atoms with E-state index in [-0.39, 0.29) is 0 Å². The van der Waals surface area contributed by atoms with Gasteiger partial charge in [0.1, 0.15) is 0 Å². The lowest BCUT2D eigenvalue weighted by Crippen LogP contribution is -2.48. The molecule has 2 saturated heterocycles. The summed E-state index contributed by atoms with van der Waals surface area (Å²) in [5, 5.41) is 0. The third kappa shape index (κ3) is 4.44. The molecule has 0 amide bonds. The summed E-state index contributed by atoms with van der Waals surface area (Å²) in [6.45, 7) is 15.0. The van der Waals surface area contributed by atoms with E-state index in [1.807, 2.05) is 0 Å². The largest absolute Gasteiger partial charge is 0.375 e. The van der Waals surface area contributed by atoms with Crippen LogP contribution in [0.5, 0.6) is 0 Å². The summed E-state index contributed by atoms with van der Waals surface area (Å²) in [5.41, 5.74) is 0. The third-order valence-electron chi connectivity index (χ3n) is 4.95. The van der Waals surface area contributed by atoms with Crippen molar-refractivity contribution in [3.8, 4) is 0 Å². The molecule has 3 nitrogen and oxygen atoms in total. The average molecular weight is 268 g/mol. The van der Waals surface area contributed by atoms with E-state index >= 15 is 0 Å². The van der Waals surface area contributed by atoms with Gasteiger partial charge in [-0.15, -0.1) is 0 Å². The molecule has 0 aromatic rings. The van der Waals surface area contributed by atoms with E-state index < -0.39 is 0 Å². The molecule has 2 heterocycles. The zero-order chi connectivity index (χ0) is 13.8. The van der Waals surface area contributed by atoms with Gasteiger partial charge in [0.2, 0.25) is 0 Å². The second kappa shape index (κ2) is 7.05. The predicted molar refractivity (Wildman–Crippen MR) is 80.5 cm³/mol. The van der Waals surface area contributed by atoms with Crippen LogP contribution in [0.4, 0.5) is 0 Å². The maximum absolute atomic E-state index is 5.97.